The Bertz CT molecular complexity index is 1140. The lowest BCUT2D eigenvalue weighted by molar-refractivity contribution is -0.118. The number of carbonyl (C=O) groups excluding carboxylic acids is 1. The lowest BCUT2D eigenvalue weighted by atomic mass is 9.72. The Labute approximate surface area is 207 Å². The van der Waals surface area contributed by atoms with Gasteiger partial charge in [-0.2, -0.15) is 0 Å². The van der Waals surface area contributed by atoms with Crippen molar-refractivity contribution in [3.63, 3.8) is 0 Å². The first-order chi connectivity index (χ1) is 16.1. The average molecular weight is 477 g/mol. The van der Waals surface area contributed by atoms with Crippen LogP contribution in [0.15, 0.2) is 47.8 Å². The first-order valence-electron chi connectivity index (χ1n) is 12.2. The molecule has 0 bridgehead atoms. The van der Waals surface area contributed by atoms with Crippen molar-refractivity contribution in [1.29, 1.82) is 0 Å². The molecule has 1 N–H and O–H groups in total. The van der Waals surface area contributed by atoms with Gasteiger partial charge in [0.25, 0.3) is 5.91 Å². The number of nitrogens with zero attached hydrogens (tertiary/aromatic N) is 1. The second-order valence-corrected chi connectivity index (χ2v) is 12.1. The Morgan fingerprint density at radius 2 is 1.71 bits per heavy atom. The number of benzene rings is 2. The predicted molar refractivity (Wildman–Crippen MR) is 142 cm³/mol. The van der Waals surface area contributed by atoms with Gasteiger partial charge in [0.2, 0.25) is 0 Å². The predicted octanol–water partition coefficient (Wildman–Crippen LogP) is 7.42. The quantitative estimate of drug-likeness (QED) is 0.386. The van der Waals surface area contributed by atoms with Crippen molar-refractivity contribution in [3.05, 3.63) is 64.5 Å². The molecule has 0 radical (unpaired) electrons. The van der Waals surface area contributed by atoms with Crippen LogP contribution < -0.4 is 10.1 Å². The minimum absolute atomic E-state index is 0.0432. The maximum atomic E-state index is 12.4. The van der Waals surface area contributed by atoms with Crippen LogP contribution in [0.4, 0.5) is 5.13 Å². The van der Waals surface area contributed by atoms with Crippen LogP contribution in [0, 0.1) is 5.41 Å². The largest absolute Gasteiger partial charge is 0.484 e. The number of fused-ring (bicyclic) bond motifs is 1. The van der Waals surface area contributed by atoms with Gasteiger partial charge in [0.15, 0.2) is 11.7 Å². The fourth-order valence-corrected chi connectivity index (χ4v) is 5.83. The molecule has 1 aliphatic carbocycles. The molecule has 3 aromatic rings. The first kappa shape index (κ1) is 24.5. The maximum Gasteiger partial charge on any atom is 0.264 e. The summed E-state index contributed by atoms with van der Waals surface area (Å²) in [4.78, 5) is 17.1. The SMILES string of the molecule is CC(C)(C)CC(C)(C)c1ccc(OCC(=O)Nc2nc(-c3ccc4c(c3)CCCC4)cs2)cc1. The lowest BCUT2D eigenvalue weighted by Crippen LogP contribution is -2.24. The molecule has 180 valence electrons. The zero-order chi connectivity index (χ0) is 24.3. The zero-order valence-corrected chi connectivity index (χ0v) is 21.8. The summed E-state index contributed by atoms with van der Waals surface area (Å²) in [5.41, 5.74) is 6.52. The molecular weight excluding hydrogens is 440 g/mol. The summed E-state index contributed by atoms with van der Waals surface area (Å²) in [5, 5.41) is 5.47. The van der Waals surface area contributed by atoms with E-state index in [0.29, 0.717) is 10.9 Å². The Morgan fingerprint density at radius 1 is 1.00 bits per heavy atom. The van der Waals surface area contributed by atoms with Gasteiger partial charge in [0.1, 0.15) is 5.75 Å². The lowest BCUT2D eigenvalue weighted by Gasteiger charge is -2.33. The molecule has 0 unspecified atom stereocenters. The number of anilines is 1. The van der Waals surface area contributed by atoms with Crippen LogP contribution in [0.5, 0.6) is 5.75 Å². The van der Waals surface area contributed by atoms with Gasteiger partial charge in [0.05, 0.1) is 5.69 Å². The molecule has 4 rings (SSSR count). The van der Waals surface area contributed by atoms with Crippen molar-refractivity contribution >= 4 is 22.4 Å². The van der Waals surface area contributed by atoms with Crippen molar-refractivity contribution in [2.75, 3.05) is 11.9 Å². The third-order valence-electron chi connectivity index (χ3n) is 6.37. The van der Waals surface area contributed by atoms with Crippen molar-refractivity contribution in [2.45, 2.75) is 72.1 Å². The van der Waals surface area contributed by atoms with E-state index >= 15 is 0 Å². The average Bonchev–Trinajstić information content (AvgIpc) is 3.24. The van der Waals surface area contributed by atoms with E-state index in [0.717, 1.165) is 24.1 Å². The molecule has 4 nitrogen and oxygen atoms in total. The molecule has 0 saturated heterocycles. The topological polar surface area (TPSA) is 51.2 Å². The van der Waals surface area contributed by atoms with Gasteiger partial charge in [-0.3, -0.25) is 10.1 Å². The number of carbonyl (C=O) groups is 1. The van der Waals surface area contributed by atoms with Crippen LogP contribution in [0.1, 0.15) is 70.6 Å². The molecular formula is C29H36N2O2S. The number of hydrogen-bond donors (Lipinski definition) is 1. The van der Waals surface area contributed by atoms with Crippen molar-refractivity contribution in [3.8, 4) is 17.0 Å². The van der Waals surface area contributed by atoms with E-state index in [1.54, 1.807) is 0 Å². The van der Waals surface area contributed by atoms with E-state index in [1.807, 2.05) is 17.5 Å². The van der Waals surface area contributed by atoms with Gasteiger partial charge in [0, 0.05) is 10.9 Å². The van der Waals surface area contributed by atoms with Crippen LogP contribution in [-0.2, 0) is 23.1 Å². The molecule has 5 heteroatoms. The number of thiazole rings is 1. The summed E-state index contributed by atoms with van der Waals surface area (Å²) in [7, 11) is 0. The molecule has 1 aromatic heterocycles. The number of amides is 1. The minimum atomic E-state index is -0.205. The van der Waals surface area contributed by atoms with Gasteiger partial charge >= 0.3 is 0 Å². The summed E-state index contributed by atoms with van der Waals surface area (Å²) >= 11 is 1.44. The van der Waals surface area contributed by atoms with E-state index in [4.69, 9.17) is 4.74 Å². The molecule has 1 amide bonds. The van der Waals surface area contributed by atoms with E-state index in [9.17, 15) is 4.79 Å². The van der Waals surface area contributed by atoms with E-state index in [2.05, 4.69) is 75.3 Å². The third kappa shape index (κ3) is 6.26. The Kier molecular flexibility index (Phi) is 7.13. The molecule has 2 aromatic carbocycles. The Balaban J connectivity index is 1.31. The summed E-state index contributed by atoms with van der Waals surface area (Å²) in [6.45, 7) is 11.3. The standard InChI is InChI=1S/C29H36N2O2S/c1-28(2,3)19-29(4,5)23-12-14-24(15-13-23)33-17-26(32)31-27-30-25(18-34-27)22-11-10-20-8-6-7-9-21(20)16-22/h10-16,18H,6-9,17,19H2,1-5H3,(H,30,31,32). The molecule has 1 aliphatic rings. The number of ether oxygens (including phenoxy) is 1. The summed E-state index contributed by atoms with van der Waals surface area (Å²) in [6.07, 6.45) is 5.94. The normalized spacial score (nSPS) is 13.9. The number of hydrogen-bond acceptors (Lipinski definition) is 4. The highest BCUT2D eigenvalue weighted by atomic mass is 32.1. The van der Waals surface area contributed by atoms with Crippen LogP contribution in [0.25, 0.3) is 11.3 Å². The van der Waals surface area contributed by atoms with Crippen LogP contribution in [0.3, 0.4) is 0 Å². The first-order valence-corrected chi connectivity index (χ1v) is 13.1. The highest BCUT2D eigenvalue weighted by molar-refractivity contribution is 7.14. The molecule has 0 saturated carbocycles. The highest BCUT2D eigenvalue weighted by Gasteiger charge is 2.27. The minimum Gasteiger partial charge on any atom is -0.484 e. The highest BCUT2D eigenvalue weighted by Crippen LogP contribution is 2.36. The van der Waals surface area contributed by atoms with Crippen LogP contribution >= 0.6 is 11.3 Å². The number of rotatable bonds is 7. The van der Waals surface area contributed by atoms with Crippen LogP contribution in [0.2, 0.25) is 0 Å². The molecule has 0 aliphatic heterocycles. The molecule has 0 spiro atoms. The van der Waals surface area contributed by atoms with Gasteiger partial charge in [-0.25, -0.2) is 4.98 Å². The van der Waals surface area contributed by atoms with Crippen LogP contribution in [-0.4, -0.2) is 17.5 Å². The second kappa shape index (κ2) is 9.91. The fraction of sp³-hybridized carbons (Fsp3) is 0.448. The van der Waals surface area contributed by atoms with Crippen molar-refractivity contribution < 1.29 is 9.53 Å². The summed E-state index contributed by atoms with van der Waals surface area (Å²) < 4.78 is 5.73. The van der Waals surface area contributed by atoms with E-state index in [-0.39, 0.29) is 23.3 Å². The number of aromatic nitrogens is 1. The number of nitrogens with one attached hydrogen (secondary N) is 1. The van der Waals surface area contributed by atoms with E-state index in [1.165, 1.54) is 47.3 Å². The van der Waals surface area contributed by atoms with Gasteiger partial charge in [-0.05, 0) is 77.8 Å². The molecule has 0 atom stereocenters. The molecule has 34 heavy (non-hydrogen) atoms. The summed E-state index contributed by atoms with van der Waals surface area (Å²) in [5.74, 6) is 0.489. The Hall–Kier alpha value is -2.66. The zero-order valence-electron chi connectivity index (χ0n) is 21.0. The Morgan fingerprint density at radius 3 is 2.41 bits per heavy atom. The fourth-order valence-electron chi connectivity index (χ4n) is 5.09. The molecule has 1 heterocycles. The smallest absolute Gasteiger partial charge is 0.264 e. The molecule has 0 fully saturated rings. The number of aryl methyl sites for hydroxylation is 2. The van der Waals surface area contributed by atoms with Crippen molar-refractivity contribution in [1.82, 2.24) is 4.98 Å². The van der Waals surface area contributed by atoms with Gasteiger partial charge < -0.3 is 4.74 Å². The van der Waals surface area contributed by atoms with Gasteiger partial charge in [-0.1, -0.05) is 58.9 Å². The monoisotopic (exact) mass is 476 g/mol. The summed E-state index contributed by atoms with van der Waals surface area (Å²) in [6, 6.07) is 14.7. The third-order valence-corrected chi connectivity index (χ3v) is 7.13. The maximum absolute atomic E-state index is 12.4. The van der Waals surface area contributed by atoms with Crippen molar-refractivity contribution in [2.24, 2.45) is 5.41 Å². The van der Waals surface area contributed by atoms with Gasteiger partial charge in [-0.15, -0.1) is 11.3 Å². The second-order valence-electron chi connectivity index (χ2n) is 11.2. The van der Waals surface area contributed by atoms with E-state index < -0.39 is 0 Å².